The van der Waals surface area contributed by atoms with Crippen molar-refractivity contribution in [2.75, 3.05) is 9.62 Å². The lowest BCUT2D eigenvalue weighted by molar-refractivity contribution is -0.116. The molecule has 1 N–H and O–H groups in total. The Hall–Kier alpha value is -1.86. The van der Waals surface area contributed by atoms with Crippen LogP contribution < -0.4 is 9.62 Å². The molecule has 144 valence electrons. The molecule has 1 heterocycles. The molecule has 0 aromatic heterocycles. The normalized spacial score (nSPS) is 16.5. The molecule has 2 aromatic rings. The lowest BCUT2D eigenvalue weighted by atomic mass is 10.0. The first-order valence-corrected chi connectivity index (χ1v) is 11.1. The number of hydrogen-bond acceptors (Lipinski definition) is 3. The molecule has 0 bridgehead atoms. The van der Waals surface area contributed by atoms with Gasteiger partial charge in [0.15, 0.2) is 0 Å². The predicted octanol–water partition coefficient (Wildman–Crippen LogP) is 4.67. The largest absolute Gasteiger partial charge is 0.309 e. The number of fused-ring (bicyclic) bond motifs is 1. The van der Waals surface area contributed by atoms with Crippen molar-refractivity contribution in [2.45, 2.75) is 51.0 Å². The van der Waals surface area contributed by atoms with Gasteiger partial charge < -0.3 is 4.90 Å². The number of nitrogens with one attached hydrogen (secondary N) is 1. The number of carbonyl (C=O) groups is 1. The Balaban J connectivity index is 1.97. The Morgan fingerprint density at radius 3 is 2.41 bits per heavy atom. The van der Waals surface area contributed by atoms with Crippen molar-refractivity contribution in [1.82, 2.24) is 0 Å². The molecule has 27 heavy (non-hydrogen) atoms. The highest BCUT2D eigenvalue weighted by molar-refractivity contribution is 9.10. The minimum absolute atomic E-state index is 0.0129. The highest BCUT2D eigenvalue weighted by atomic mass is 79.9. The predicted molar refractivity (Wildman–Crippen MR) is 112 cm³/mol. The molecule has 0 aliphatic carbocycles. The molecule has 1 aliphatic heterocycles. The molecule has 1 aliphatic rings. The fourth-order valence-corrected chi connectivity index (χ4v) is 5.62. The van der Waals surface area contributed by atoms with Gasteiger partial charge in [-0.3, -0.25) is 9.52 Å². The SMILES string of the molecule is CC(=O)N1c2cc(S(=O)(=O)Nc3ccc(C(C)C)cc3)c(Br)cc2C[C@H]1C. The lowest BCUT2D eigenvalue weighted by Crippen LogP contribution is -2.33. The molecular formula is C20H23BrN2O3S. The third kappa shape index (κ3) is 3.89. The van der Waals surface area contributed by atoms with Crippen LogP contribution in [0.3, 0.4) is 0 Å². The summed E-state index contributed by atoms with van der Waals surface area (Å²) >= 11 is 3.38. The van der Waals surface area contributed by atoms with Crippen LogP contribution >= 0.6 is 15.9 Å². The van der Waals surface area contributed by atoms with Crippen molar-refractivity contribution in [1.29, 1.82) is 0 Å². The van der Waals surface area contributed by atoms with Gasteiger partial charge in [0.05, 0.1) is 0 Å². The maximum absolute atomic E-state index is 13.0. The quantitative estimate of drug-likeness (QED) is 0.735. The molecule has 0 unspecified atom stereocenters. The number of hydrogen-bond donors (Lipinski definition) is 1. The topological polar surface area (TPSA) is 66.5 Å². The monoisotopic (exact) mass is 450 g/mol. The standard InChI is InChI=1S/C20H23BrN2O3S/c1-12(2)15-5-7-17(8-6-15)22-27(25,26)20-11-19-16(10-18(20)21)9-13(3)23(19)14(4)24/h5-8,10-13,22H,9H2,1-4H3/t13-/m1/s1. The Morgan fingerprint density at radius 2 is 1.85 bits per heavy atom. The van der Waals surface area contributed by atoms with Crippen molar-refractivity contribution < 1.29 is 13.2 Å². The van der Waals surface area contributed by atoms with E-state index >= 15 is 0 Å². The molecule has 1 atom stereocenters. The first-order chi connectivity index (χ1) is 12.6. The first-order valence-electron chi connectivity index (χ1n) is 8.85. The van der Waals surface area contributed by atoms with Gasteiger partial charge in [0.1, 0.15) is 4.90 Å². The fourth-order valence-electron chi connectivity index (χ4n) is 3.45. The first kappa shape index (κ1) is 19.9. The molecule has 0 spiro atoms. The van der Waals surface area contributed by atoms with E-state index in [1.807, 2.05) is 19.1 Å². The van der Waals surface area contributed by atoms with Crippen LogP contribution in [-0.2, 0) is 21.2 Å². The lowest BCUT2D eigenvalue weighted by Gasteiger charge is -2.21. The van der Waals surface area contributed by atoms with E-state index in [-0.39, 0.29) is 16.8 Å². The molecule has 1 amide bonds. The van der Waals surface area contributed by atoms with Crippen LogP contribution in [0.5, 0.6) is 0 Å². The van der Waals surface area contributed by atoms with Gasteiger partial charge >= 0.3 is 0 Å². The highest BCUT2D eigenvalue weighted by Gasteiger charge is 2.32. The second-order valence-corrected chi connectivity index (χ2v) is 9.74. The number of rotatable bonds is 4. The summed E-state index contributed by atoms with van der Waals surface area (Å²) in [7, 11) is -3.80. The molecule has 0 radical (unpaired) electrons. The number of amides is 1. The van der Waals surface area contributed by atoms with Gasteiger partial charge in [-0.25, -0.2) is 8.42 Å². The Morgan fingerprint density at radius 1 is 1.22 bits per heavy atom. The van der Waals surface area contributed by atoms with Crippen LogP contribution in [0.1, 0.15) is 44.7 Å². The highest BCUT2D eigenvalue weighted by Crippen LogP contribution is 2.38. The molecule has 7 heteroatoms. The number of anilines is 2. The molecule has 5 nitrogen and oxygen atoms in total. The zero-order valence-electron chi connectivity index (χ0n) is 15.8. The zero-order chi connectivity index (χ0) is 19.9. The smallest absolute Gasteiger partial charge is 0.263 e. The van der Waals surface area contributed by atoms with Crippen LogP contribution in [0.25, 0.3) is 0 Å². The Labute approximate surface area is 169 Å². The summed E-state index contributed by atoms with van der Waals surface area (Å²) in [6.45, 7) is 7.62. The minimum atomic E-state index is -3.80. The van der Waals surface area contributed by atoms with Crippen molar-refractivity contribution in [3.63, 3.8) is 0 Å². The fraction of sp³-hybridized carbons (Fsp3) is 0.350. The summed E-state index contributed by atoms with van der Waals surface area (Å²) in [4.78, 5) is 13.8. The van der Waals surface area contributed by atoms with Crippen molar-refractivity contribution >= 4 is 43.2 Å². The van der Waals surface area contributed by atoms with Gasteiger partial charge in [0.2, 0.25) is 5.91 Å². The van der Waals surface area contributed by atoms with E-state index in [4.69, 9.17) is 0 Å². The van der Waals surface area contributed by atoms with Gasteiger partial charge in [-0.2, -0.15) is 0 Å². The summed E-state index contributed by atoms with van der Waals surface area (Å²) in [5.74, 6) is 0.283. The molecule has 0 saturated heterocycles. The number of nitrogens with zero attached hydrogens (tertiary/aromatic N) is 1. The molecular weight excluding hydrogens is 428 g/mol. The number of sulfonamides is 1. The zero-order valence-corrected chi connectivity index (χ0v) is 18.2. The number of carbonyl (C=O) groups excluding carboxylic acids is 1. The summed E-state index contributed by atoms with van der Waals surface area (Å²) in [6.07, 6.45) is 0.706. The number of benzene rings is 2. The molecule has 0 fully saturated rings. The van der Waals surface area contributed by atoms with Crippen molar-refractivity contribution in [3.05, 3.63) is 52.0 Å². The maximum Gasteiger partial charge on any atom is 0.263 e. The Bertz CT molecular complexity index is 985. The molecule has 2 aromatic carbocycles. The van der Waals surface area contributed by atoms with Crippen LogP contribution in [0.15, 0.2) is 45.8 Å². The van der Waals surface area contributed by atoms with E-state index in [0.29, 0.717) is 28.2 Å². The average molecular weight is 451 g/mol. The van der Waals surface area contributed by atoms with E-state index < -0.39 is 10.0 Å². The van der Waals surface area contributed by atoms with Crippen molar-refractivity contribution in [3.8, 4) is 0 Å². The summed E-state index contributed by atoms with van der Waals surface area (Å²) in [6, 6.07) is 10.7. The number of halogens is 1. The maximum atomic E-state index is 13.0. The van der Waals surface area contributed by atoms with Gasteiger partial charge in [0.25, 0.3) is 10.0 Å². The summed E-state index contributed by atoms with van der Waals surface area (Å²) in [5.41, 5.74) is 3.27. The van der Waals surface area contributed by atoms with Crippen LogP contribution in [0.2, 0.25) is 0 Å². The second kappa shape index (κ2) is 7.28. The summed E-state index contributed by atoms with van der Waals surface area (Å²) in [5, 5.41) is 0. The van der Waals surface area contributed by atoms with E-state index in [1.165, 1.54) is 6.92 Å². The summed E-state index contributed by atoms with van der Waals surface area (Å²) < 4.78 is 29.0. The van der Waals surface area contributed by atoms with E-state index in [2.05, 4.69) is 34.5 Å². The van der Waals surface area contributed by atoms with Crippen LogP contribution in [0, 0.1) is 0 Å². The van der Waals surface area contributed by atoms with Gasteiger partial charge in [0, 0.05) is 28.8 Å². The third-order valence-corrected chi connectivity index (χ3v) is 7.15. The Kier molecular flexibility index (Phi) is 5.36. The van der Waals surface area contributed by atoms with E-state index in [0.717, 1.165) is 11.1 Å². The van der Waals surface area contributed by atoms with Gasteiger partial charge in [-0.1, -0.05) is 26.0 Å². The average Bonchev–Trinajstić information content (AvgIpc) is 2.88. The van der Waals surface area contributed by atoms with Gasteiger partial charge in [-0.05, 0) is 70.6 Å². The third-order valence-electron chi connectivity index (χ3n) is 4.81. The van der Waals surface area contributed by atoms with Crippen molar-refractivity contribution in [2.24, 2.45) is 0 Å². The molecule has 0 saturated carbocycles. The van der Waals surface area contributed by atoms with Gasteiger partial charge in [-0.15, -0.1) is 0 Å². The van der Waals surface area contributed by atoms with Crippen LogP contribution in [-0.4, -0.2) is 20.4 Å². The van der Waals surface area contributed by atoms with Crippen LogP contribution in [0.4, 0.5) is 11.4 Å². The van der Waals surface area contributed by atoms with E-state index in [9.17, 15) is 13.2 Å². The second-order valence-electron chi connectivity index (χ2n) is 7.24. The molecule has 3 rings (SSSR count). The van der Waals surface area contributed by atoms with E-state index in [1.54, 1.807) is 29.2 Å². The minimum Gasteiger partial charge on any atom is -0.309 e.